The summed E-state index contributed by atoms with van der Waals surface area (Å²) in [5, 5.41) is 19.9. The van der Waals surface area contributed by atoms with Gasteiger partial charge in [-0.3, -0.25) is 0 Å². The van der Waals surface area contributed by atoms with Crippen LogP contribution in [0, 0.1) is 39.3 Å². The number of fused-ring (bicyclic) bond motifs is 2. The predicted octanol–water partition coefficient (Wildman–Crippen LogP) is 1.19. The molecular weight excluding hydrogens is 299 g/mol. The van der Waals surface area contributed by atoms with E-state index in [-0.39, 0.29) is 19.0 Å². The fraction of sp³-hybridized carbons (Fsp3) is 0.438. The number of nitrogens with zero attached hydrogens (tertiary/aromatic N) is 3. The molecule has 3 atom stereocenters. The van der Waals surface area contributed by atoms with Crippen LogP contribution in [0.25, 0.3) is 0 Å². The van der Waals surface area contributed by atoms with E-state index in [9.17, 15) is 14.9 Å². The molecule has 4 rings (SSSR count). The second-order valence-corrected chi connectivity index (χ2v) is 6.13. The summed E-state index contributed by atoms with van der Waals surface area (Å²) in [7, 11) is 0. The van der Waals surface area contributed by atoms with Crippen LogP contribution in [-0.2, 0) is 14.9 Å². The van der Waals surface area contributed by atoms with Crippen molar-refractivity contribution in [1.82, 2.24) is 0 Å². The second-order valence-electron chi connectivity index (χ2n) is 6.13. The highest BCUT2D eigenvalue weighted by Gasteiger charge is 3.00. The van der Waals surface area contributed by atoms with Gasteiger partial charge in [-0.25, -0.2) is 9.38 Å². The normalized spacial score (nSPS) is 39.4. The van der Waals surface area contributed by atoms with Gasteiger partial charge in [-0.05, 0) is 17.7 Å². The smallest absolute Gasteiger partial charge is 0.293 e. The third-order valence-electron chi connectivity index (χ3n) is 5.56. The number of amidine groups is 1. The van der Waals surface area contributed by atoms with E-state index >= 15 is 0 Å². The van der Waals surface area contributed by atoms with Gasteiger partial charge in [-0.1, -0.05) is 19.1 Å². The van der Waals surface area contributed by atoms with Gasteiger partial charge in [0.15, 0.2) is 10.8 Å². The second kappa shape index (κ2) is 3.88. The monoisotopic (exact) mass is 312 g/mol. The average molecular weight is 312 g/mol. The first-order chi connectivity index (χ1) is 11.0. The van der Waals surface area contributed by atoms with Crippen molar-refractivity contribution < 1.29 is 13.9 Å². The molecule has 1 aliphatic carbocycles. The minimum absolute atomic E-state index is 0.0234. The maximum atomic E-state index is 13.3. The Bertz CT molecular complexity index is 818. The third kappa shape index (κ3) is 1.11. The molecule has 1 aromatic rings. The van der Waals surface area contributed by atoms with Crippen molar-refractivity contribution in [2.75, 3.05) is 13.2 Å². The Kier molecular flexibility index (Phi) is 2.39. The van der Waals surface area contributed by atoms with Gasteiger partial charge in [0.2, 0.25) is 0 Å². The van der Waals surface area contributed by atoms with E-state index in [1.807, 2.05) is 0 Å². The van der Waals surface area contributed by atoms with Crippen molar-refractivity contribution in [1.29, 1.82) is 10.5 Å². The standard InChI is InChI=1S/C16H13FN4O2/c1-13(10-2-4-11(17)5-3-10)14(8-18)12(20)21-16(15(13,14)9-19)22-6-7-23-16/h2-5H,6-7H2,1H3,(H2,20,21)/t13-,14-,15+/m0/s1. The maximum Gasteiger partial charge on any atom is 0.293 e. The Labute approximate surface area is 131 Å². The molecule has 2 fully saturated rings. The molecule has 0 unspecified atom stereocenters. The average Bonchev–Trinajstić information content (AvgIpc) is 2.83. The molecule has 3 aliphatic rings. The molecule has 0 bridgehead atoms. The van der Waals surface area contributed by atoms with Crippen LogP contribution in [0.1, 0.15) is 12.5 Å². The molecule has 116 valence electrons. The van der Waals surface area contributed by atoms with E-state index < -0.39 is 28.0 Å². The van der Waals surface area contributed by atoms with Gasteiger partial charge in [0.05, 0.1) is 25.4 Å². The lowest BCUT2D eigenvalue weighted by Crippen LogP contribution is -2.42. The van der Waals surface area contributed by atoms with E-state index in [0.717, 1.165) is 0 Å². The molecule has 0 amide bonds. The summed E-state index contributed by atoms with van der Waals surface area (Å²) in [4.78, 5) is 4.21. The van der Waals surface area contributed by atoms with Gasteiger partial charge in [-0.15, -0.1) is 0 Å². The molecule has 23 heavy (non-hydrogen) atoms. The number of rotatable bonds is 1. The van der Waals surface area contributed by atoms with E-state index in [4.69, 9.17) is 15.2 Å². The molecule has 2 heterocycles. The van der Waals surface area contributed by atoms with Gasteiger partial charge in [0.25, 0.3) is 5.91 Å². The molecule has 0 aromatic heterocycles. The fourth-order valence-corrected chi connectivity index (χ4v) is 4.46. The summed E-state index contributed by atoms with van der Waals surface area (Å²) in [6, 6.07) is 10.1. The summed E-state index contributed by atoms with van der Waals surface area (Å²) in [5.41, 5.74) is 2.92. The van der Waals surface area contributed by atoms with Crippen LogP contribution in [0.2, 0.25) is 0 Å². The largest absolute Gasteiger partial charge is 0.386 e. The zero-order chi connectivity index (χ0) is 16.5. The van der Waals surface area contributed by atoms with Gasteiger partial charge in [-0.2, -0.15) is 10.5 Å². The predicted molar refractivity (Wildman–Crippen MR) is 76.1 cm³/mol. The minimum atomic E-state index is -1.58. The number of nitrogens with two attached hydrogens (primary N) is 1. The fourth-order valence-electron chi connectivity index (χ4n) is 4.46. The molecule has 2 N–H and O–H groups in total. The first kappa shape index (κ1) is 14.1. The van der Waals surface area contributed by atoms with Crippen LogP contribution < -0.4 is 5.73 Å². The number of ether oxygens (including phenoxy) is 2. The lowest BCUT2D eigenvalue weighted by Gasteiger charge is -2.29. The molecule has 2 aliphatic heterocycles. The molecular formula is C16H13FN4O2. The lowest BCUT2D eigenvalue weighted by atomic mass is 9.84. The van der Waals surface area contributed by atoms with E-state index in [1.54, 1.807) is 19.1 Å². The zero-order valence-corrected chi connectivity index (χ0v) is 12.3. The summed E-state index contributed by atoms with van der Waals surface area (Å²) in [6.07, 6.45) is 0. The van der Waals surface area contributed by atoms with E-state index in [0.29, 0.717) is 5.56 Å². The van der Waals surface area contributed by atoms with Crippen molar-refractivity contribution in [3.8, 4) is 12.1 Å². The highest BCUT2D eigenvalue weighted by atomic mass is 19.1. The van der Waals surface area contributed by atoms with Gasteiger partial charge in [0, 0.05) is 5.41 Å². The molecule has 1 aromatic carbocycles. The summed E-state index contributed by atoms with van der Waals surface area (Å²) < 4.78 is 24.6. The topological polar surface area (TPSA) is 104 Å². The van der Waals surface area contributed by atoms with Crippen LogP contribution in [0.15, 0.2) is 29.3 Å². The van der Waals surface area contributed by atoms with Crippen molar-refractivity contribution in [2.45, 2.75) is 18.2 Å². The van der Waals surface area contributed by atoms with Crippen LogP contribution in [0.3, 0.4) is 0 Å². The highest BCUT2D eigenvalue weighted by Crippen LogP contribution is 2.85. The lowest BCUT2D eigenvalue weighted by molar-refractivity contribution is -0.187. The molecule has 1 spiro atoms. The minimum Gasteiger partial charge on any atom is -0.386 e. The van der Waals surface area contributed by atoms with Crippen LogP contribution in [0.4, 0.5) is 4.39 Å². The number of halogens is 1. The van der Waals surface area contributed by atoms with Gasteiger partial charge in [0.1, 0.15) is 11.7 Å². The molecule has 6 nitrogen and oxygen atoms in total. The van der Waals surface area contributed by atoms with Crippen LogP contribution >= 0.6 is 0 Å². The summed E-state index contributed by atoms with van der Waals surface area (Å²) in [6.45, 7) is 2.28. The number of hydrogen-bond donors (Lipinski definition) is 1. The zero-order valence-electron chi connectivity index (χ0n) is 12.3. The first-order valence-corrected chi connectivity index (χ1v) is 7.18. The van der Waals surface area contributed by atoms with Crippen molar-refractivity contribution in [3.63, 3.8) is 0 Å². The van der Waals surface area contributed by atoms with Crippen molar-refractivity contribution in [3.05, 3.63) is 35.6 Å². The number of benzene rings is 1. The molecule has 1 saturated heterocycles. The quantitative estimate of drug-likeness (QED) is 0.838. The van der Waals surface area contributed by atoms with Crippen LogP contribution in [0.5, 0.6) is 0 Å². The Balaban J connectivity index is 2.00. The first-order valence-electron chi connectivity index (χ1n) is 7.18. The molecule has 0 radical (unpaired) electrons. The maximum absolute atomic E-state index is 13.3. The van der Waals surface area contributed by atoms with Crippen molar-refractivity contribution >= 4 is 5.84 Å². The molecule has 7 heteroatoms. The third-order valence-corrected chi connectivity index (χ3v) is 5.56. The highest BCUT2D eigenvalue weighted by molar-refractivity contribution is 6.02. The number of hydrogen-bond acceptors (Lipinski definition) is 6. The molecule has 1 saturated carbocycles. The van der Waals surface area contributed by atoms with Crippen molar-refractivity contribution in [2.24, 2.45) is 21.6 Å². The SMILES string of the molecule is C[C@]1(c2ccc(F)cc2)[C@]2(C#N)C(N)=NC3(OCCO3)[C@@]21C#N. The Hall–Kier alpha value is -2.48. The summed E-state index contributed by atoms with van der Waals surface area (Å²) >= 11 is 0. The Morgan fingerprint density at radius 2 is 1.78 bits per heavy atom. The Morgan fingerprint density at radius 1 is 1.17 bits per heavy atom. The Morgan fingerprint density at radius 3 is 2.30 bits per heavy atom. The van der Waals surface area contributed by atoms with E-state index in [1.165, 1.54) is 12.1 Å². The van der Waals surface area contributed by atoms with Gasteiger partial charge < -0.3 is 15.2 Å². The summed E-state index contributed by atoms with van der Waals surface area (Å²) in [5.74, 6) is -1.95. The van der Waals surface area contributed by atoms with E-state index in [2.05, 4.69) is 17.1 Å². The number of aliphatic imine (C=N–C) groups is 1. The van der Waals surface area contributed by atoms with Crippen LogP contribution in [-0.4, -0.2) is 25.0 Å². The van der Waals surface area contributed by atoms with Gasteiger partial charge >= 0.3 is 0 Å². The number of nitriles is 2.